The van der Waals surface area contributed by atoms with E-state index in [0.717, 1.165) is 27.1 Å². The molecule has 0 heterocycles. The number of carbonyl (C=O) groups is 2. The average molecular weight is 390 g/mol. The van der Waals surface area contributed by atoms with E-state index in [4.69, 9.17) is 0 Å². The van der Waals surface area contributed by atoms with Crippen molar-refractivity contribution in [3.05, 3.63) is 52.5 Å². The maximum atomic E-state index is 12.0. The van der Waals surface area contributed by atoms with E-state index in [-0.39, 0.29) is 11.8 Å². The number of halogens is 1. The van der Waals surface area contributed by atoms with Crippen LogP contribution in [0.2, 0.25) is 0 Å². The molecule has 2 aromatic carbocycles. The van der Waals surface area contributed by atoms with Crippen molar-refractivity contribution in [2.75, 3.05) is 22.5 Å². The normalized spacial score (nSPS) is 10.1. The quantitative estimate of drug-likeness (QED) is 0.694. The summed E-state index contributed by atoms with van der Waals surface area (Å²) in [5, 5.41) is 8.77. The van der Waals surface area contributed by atoms with Gasteiger partial charge in [-0.2, -0.15) is 0 Å². The van der Waals surface area contributed by atoms with Crippen molar-refractivity contribution in [2.24, 2.45) is 0 Å². The number of carbonyl (C=O) groups excluding carboxylic acids is 2. The first kappa shape index (κ1) is 18.0. The van der Waals surface area contributed by atoms with E-state index < -0.39 is 0 Å². The van der Waals surface area contributed by atoms with Gasteiger partial charge in [-0.3, -0.25) is 9.59 Å². The van der Waals surface area contributed by atoms with Crippen LogP contribution >= 0.6 is 15.9 Å². The van der Waals surface area contributed by atoms with Gasteiger partial charge in [-0.15, -0.1) is 0 Å². The molecular formula is C18H20BrN3O2. The van der Waals surface area contributed by atoms with E-state index >= 15 is 0 Å². The summed E-state index contributed by atoms with van der Waals surface area (Å²) in [4.78, 5) is 23.0. The van der Waals surface area contributed by atoms with Crippen molar-refractivity contribution in [2.45, 2.75) is 20.3 Å². The van der Waals surface area contributed by atoms with Gasteiger partial charge in [0.1, 0.15) is 0 Å². The minimum atomic E-state index is -0.115. The zero-order valence-corrected chi connectivity index (χ0v) is 15.2. The molecule has 5 nitrogen and oxygen atoms in total. The van der Waals surface area contributed by atoms with Crippen LogP contribution in [0.25, 0.3) is 0 Å². The van der Waals surface area contributed by atoms with Crippen molar-refractivity contribution in [1.82, 2.24) is 0 Å². The summed E-state index contributed by atoms with van der Waals surface area (Å²) < 4.78 is 0.966. The zero-order chi connectivity index (χ0) is 17.5. The lowest BCUT2D eigenvalue weighted by Gasteiger charge is -2.10. The van der Waals surface area contributed by atoms with Crippen LogP contribution in [-0.4, -0.2) is 18.4 Å². The Kier molecular flexibility index (Phi) is 6.37. The molecule has 0 atom stereocenters. The molecule has 0 bridgehead atoms. The molecule has 126 valence electrons. The van der Waals surface area contributed by atoms with Crippen LogP contribution in [0.1, 0.15) is 18.9 Å². The van der Waals surface area contributed by atoms with E-state index in [2.05, 4.69) is 31.9 Å². The van der Waals surface area contributed by atoms with Gasteiger partial charge in [-0.25, -0.2) is 0 Å². The Morgan fingerprint density at radius 3 is 2.42 bits per heavy atom. The third-order valence-electron chi connectivity index (χ3n) is 3.32. The third-order valence-corrected chi connectivity index (χ3v) is 4.17. The fourth-order valence-corrected chi connectivity index (χ4v) is 2.50. The highest BCUT2D eigenvalue weighted by molar-refractivity contribution is 9.10. The first-order valence-electron chi connectivity index (χ1n) is 7.61. The standard InChI is InChI=1S/C18H20BrN3O2/c1-12-6-7-16(11-17(12)19)22-18(24)8-9-20-14-4-3-5-15(10-14)21-13(2)23/h3-7,10-11,20H,8-9H2,1-2H3,(H,21,23)(H,22,24). The molecule has 0 unspecified atom stereocenters. The van der Waals surface area contributed by atoms with Crippen LogP contribution in [0.4, 0.5) is 17.1 Å². The Morgan fingerprint density at radius 1 is 1.00 bits per heavy atom. The molecule has 0 aliphatic carbocycles. The molecule has 24 heavy (non-hydrogen) atoms. The Bertz CT molecular complexity index is 747. The summed E-state index contributed by atoms with van der Waals surface area (Å²) in [6.45, 7) is 3.96. The fourth-order valence-electron chi connectivity index (χ4n) is 2.12. The molecule has 0 saturated heterocycles. The van der Waals surface area contributed by atoms with E-state index in [1.54, 1.807) is 0 Å². The van der Waals surface area contributed by atoms with E-state index in [9.17, 15) is 9.59 Å². The minimum Gasteiger partial charge on any atom is -0.384 e. The second kappa shape index (κ2) is 8.49. The van der Waals surface area contributed by atoms with Gasteiger partial charge in [0.05, 0.1) is 0 Å². The summed E-state index contributed by atoms with van der Waals surface area (Å²) >= 11 is 3.45. The summed E-state index contributed by atoms with van der Waals surface area (Å²) in [6, 6.07) is 13.1. The SMILES string of the molecule is CC(=O)Nc1cccc(NCCC(=O)Nc2ccc(C)c(Br)c2)c1. The number of amides is 2. The predicted octanol–water partition coefficient (Wildman–Crippen LogP) is 4.16. The molecule has 3 N–H and O–H groups in total. The van der Waals surface area contributed by atoms with Crippen LogP contribution < -0.4 is 16.0 Å². The van der Waals surface area contributed by atoms with Crippen LogP contribution in [0.3, 0.4) is 0 Å². The van der Waals surface area contributed by atoms with Crippen LogP contribution in [0.5, 0.6) is 0 Å². The van der Waals surface area contributed by atoms with Crippen LogP contribution in [-0.2, 0) is 9.59 Å². The van der Waals surface area contributed by atoms with Gasteiger partial charge in [0.2, 0.25) is 11.8 Å². The monoisotopic (exact) mass is 389 g/mol. The van der Waals surface area contributed by atoms with Gasteiger partial charge in [-0.1, -0.05) is 28.1 Å². The van der Waals surface area contributed by atoms with Crippen molar-refractivity contribution in [3.63, 3.8) is 0 Å². The zero-order valence-electron chi connectivity index (χ0n) is 13.7. The largest absolute Gasteiger partial charge is 0.384 e. The highest BCUT2D eigenvalue weighted by Gasteiger charge is 2.04. The summed E-state index contributed by atoms with van der Waals surface area (Å²) in [7, 11) is 0. The second-order valence-electron chi connectivity index (χ2n) is 5.45. The van der Waals surface area contributed by atoms with Gasteiger partial charge >= 0.3 is 0 Å². The lowest BCUT2D eigenvalue weighted by Crippen LogP contribution is -2.16. The molecule has 6 heteroatoms. The van der Waals surface area contributed by atoms with E-state index in [0.29, 0.717) is 13.0 Å². The molecule has 0 spiro atoms. The number of rotatable bonds is 6. The highest BCUT2D eigenvalue weighted by Crippen LogP contribution is 2.20. The Morgan fingerprint density at radius 2 is 1.71 bits per heavy atom. The smallest absolute Gasteiger partial charge is 0.226 e. The molecule has 2 aromatic rings. The number of aryl methyl sites for hydroxylation is 1. The number of benzene rings is 2. The second-order valence-corrected chi connectivity index (χ2v) is 6.31. The van der Waals surface area contributed by atoms with E-state index in [1.807, 2.05) is 49.4 Å². The van der Waals surface area contributed by atoms with Crippen molar-refractivity contribution in [3.8, 4) is 0 Å². The molecule has 0 aromatic heterocycles. The number of hydrogen-bond donors (Lipinski definition) is 3. The number of hydrogen-bond acceptors (Lipinski definition) is 3. The first-order chi connectivity index (χ1) is 11.4. The molecule has 0 saturated carbocycles. The van der Waals surface area contributed by atoms with Gasteiger partial charge < -0.3 is 16.0 Å². The number of anilines is 3. The molecule has 0 fully saturated rings. The predicted molar refractivity (Wildman–Crippen MR) is 101 cm³/mol. The van der Waals surface area contributed by atoms with Gasteiger partial charge in [0, 0.05) is 41.4 Å². The van der Waals surface area contributed by atoms with Gasteiger partial charge in [-0.05, 0) is 42.8 Å². The maximum absolute atomic E-state index is 12.0. The molecule has 2 amide bonds. The first-order valence-corrected chi connectivity index (χ1v) is 8.41. The Hall–Kier alpha value is -2.34. The van der Waals surface area contributed by atoms with Crippen LogP contribution in [0.15, 0.2) is 46.9 Å². The lowest BCUT2D eigenvalue weighted by atomic mass is 10.2. The minimum absolute atomic E-state index is 0.0590. The molecule has 2 rings (SSSR count). The average Bonchev–Trinajstić information content (AvgIpc) is 2.51. The maximum Gasteiger partial charge on any atom is 0.226 e. The molecule has 0 radical (unpaired) electrons. The van der Waals surface area contributed by atoms with Gasteiger partial charge in [0.25, 0.3) is 0 Å². The molecule has 0 aliphatic rings. The summed E-state index contributed by atoms with van der Waals surface area (Å²) in [5.41, 5.74) is 3.47. The summed E-state index contributed by atoms with van der Waals surface area (Å²) in [6.07, 6.45) is 0.343. The Labute approximate surface area is 150 Å². The molecule has 0 aliphatic heterocycles. The molecular weight excluding hydrogens is 370 g/mol. The van der Waals surface area contributed by atoms with Crippen molar-refractivity contribution in [1.29, 1.82) is 0 Å². The topological polar surface area (TPSA) is 70.2 Å². The van der Waals surface area contributed by atoms with Crippen molar-refractivity contribution < 1.29 is 9.59 Å². The van der Waals surface area contributed by atoms with Gasteiger partial charge in [0.15, 0.2) is 0 Å². The van der Waals surface area contributed by atoms with Crippen molar-refractivity contribution >= 4 is 44.8 Å². The highest BCUT2D eigenvalue weighted by atomic mass is 79.9. The number of nitrogens with one attached hydrogen (secondary N) is 3. The Balaban J connectivity index is 1.82. The lowest BCUT2D eigenvalue weighted by molar-refractivity contribution is -0.116. The van der Waals surface area contributed by atoms with Crippen LogP contribution in [0, 0.1) is 6.92 Å². The summed E-state index contributed by atoms with van der Waals surface area (Å²) in [5.74, 6) is -0.174. The fraction of sp³-hybridized carbons (Fsp3) is 0.222. The third kappa shape index (κ3) is 5.70. The van der Waals surface area contributed by atoms with E-state index in [1.165, 1.54) is 6.92 Å².